The van der Waals surface area contributed by atoms with Crippen LogP contribution in [0, 0.1) is 11.8 Å². The van der Waals surface area contributed by atoms with E-state index in [2.05, 4.69) is 6.92 Å². The second-order valence-corrected chi connectivity index (χ2v) is 8.24. The summed E-state index contributed by atoms with van der Waals surface area (Å²) in [6.07, 6.45) is 6.89. The van der Waals surface area contributed by atoms with Crippen molar-refractivity contribution in [3.8, 4) is 0 Å². The van der Waals surface area contributed by atoms with Crippen molar-refractivity contribution in [3.63, 3.8) is 0 Å². The van der Waals surface area contributed by atoms with Crippen molar-refractivity contribution in [2.24, 2.45) is 11.8 Å². The maximum absolute atomic E-state index is 12.6. The van der Waals surface area contributed by atoms with Gasteiger partial charge in [0.05, 0.1) is 6.10 Å². The molecule has 4 nitrogen and oxygen atoms in total. The fourth-order valence-electron chi connectivity index (χ4n) is 3.90. The lowest BCUT2D eigenvalue weighted by Gasteiger charge is -2.44. The Kier molecular flexibility index (Phi) is 5.76. The molecule has 0 bridgehead atoms. The van der Waals surface area contributed by atoms with Crippen LogP contribution in [0.25, 0.3) is 0 Å². The summed E-state index contributed by atoms with van der Waals surface area (Å²) in [4.78, 5) is 14.5. The zero-order valence-corrected chi connectivity index (χ0v) is 14.7. The second kappa shape index (κ2) is 7.20. The number of amides is 1. The maximum Gasteiger partial charge on any atom is 0.410 e. The van der Waals surface area contributed by atoms with Crippen LogP contribution in [0.3, 0.4) is 0 Å². The Bertz CT molecular complexity index is 377. The number of ether oxygens (including phenoxy) is 1. The molecule has 0 aromatic heterocycles. The summed E-state index contributed by atoms with van der Waals surface area (Å²) in [5.41, 5.74) is -0.466. The van der Waals surface area contributed by atoms with Gasteiger partial charge in [-0.2, -0.15) is 0 Å². The third-order valence-corrected chi connectivity index (χ3v) is 5.06. The summed E-state index contributed by atoms with van der Waals surface area (Å²) in [6, 6.07) is 0.131. The molecule has 4 atom stereocenters. The first-order valence-corrected chi connectivity index (χ1v) is 8.95. The average molecular weight is 311 g/mol. The molecule has 2 aliphatic rings. The summed E-state index contributed by atoms with van der Waals surface area (Å²) < 4.78 is 5.61. The summed E-state index contributed by atoms with van der Waals surface area (Å²) >= 11 is 0. The quantitative estimate of drug-likeness (QED) is 0.746. The van der Waals surface area contributed by atoms with Crippen molar-refractivity contribution in [1.29, 1.82) is 0 Å². The summed E-state index contributed by atoms with van der Waals surface area (Å²) in [6.45, 7) is 8.74. The number of rotatable bonds is 1. The molecule has 0 aromatic carbocycles. The van der Waals surface area contributed by atoms with Gasteiger partial charge in [0.25, 0.3) is 0 Å². The van der Waals surface area contributed by atoms with E-state index in [1.807, 2.05) is 25.7 Å². The molecule has 0 spiro atoms. The van der Waals surface area contributed by atoms with Crippen molar-refractivity contribution in [1.82, 2.24) is 4.90 Å². The van der Waals surface area contributed by atoms with Gasteiger partial charge in [0, 0.05) is 18.5 Å². The highest BCUT2D eigenvalue weighted by Crippen LogP contribution is 2.35. The van der Waals surface area contributed by atoms with Gasteiger partial charge in [0.15, 0.2) is 0 Å². The molecule has 0 radical (unpaired) electrons. The number of nitrogens with zero attached hydrogens (tertiary/aromatic N) is 1. The zero-order valence-electron chi connectivity index (χ0n) is 14.7. The molecule has 1 saturated heterocycles. The van der Waals surface area contributed by atoms with Crippen molar-refractivity contribution in [2.75, 3.05) is 6.54 Å². The van der Waals surface area contributed by atoms with Gasteiger partial charge in [0.2, 0.25) is 0 Å². The van der Waals surface area contributed by atoms with Crippen LogP contribution in [-0.2, 0) is 4.74 Å². The van der Waals surface area contributed by atoms with Crippen LogP contribution in [0.2, 0.25) is 0 Å². The smallest absolute Gasteiger partial charge is 0.410 e. The van der Waals surface area contributed by atoms with Crippen molar-refractivity contribution in [2.45, 2.75) is 90.4 Å². The second-order valence-electron chi connectivity index (χ2n) is 8.24. The van der Waals surface area contributed by atoms with Gasteiger partial charge in [-0.3, -0.25) is 0 Å². The first kappa shape index (κ1) is 17.6. The molecule has 1 saturated carbocycles. The monoisotopic (exact) mass is 311 g/mol. The summed E-state index contributed by atoms with van der Waals surface area (Å²) in [5, 5.41) is 10.5. The lowest BCUT2D eigenvalue weighted by Crippen LogP contribution is -2.53. The van der Waals surface area contributed by atoms with Gasteiger partial charge in [-0.25, -0.2) is 4.79 Å². The Hall–Kier alpha value is -0.770. The van der Waals surface area contributed by atoms with Crippen LogP contribution in [-0.4, -0.2) is 40.4 Å². The molecule has 1 N–H and O–H groups in total. The topological polar surface area (TPSA) is 49.8 Å². The van der Waals surface area contributed by atoms with Gasteiger partial charge in [-0.1, -0.05) is 26.2 Å². The summed E-state index contributed by atoms with van der Waals surface area (Å²) in [7, 11) is 0. The number of carbonyl (C=O) groups excluding carboxylic acids is 1. The molecule has 128 valence electrons. The van der Waals surface area contributed by atoms with E-state index in [0.717, 1.165) is 45.1 Å². The lowest BCUT2D eigenvalue weighted by atomic mass is 9.80. The fraction of sp³-hybridized carbons (Fsp3) is 0.944. The molecular weight excluding hydrogens is 278 g/mol. The first-order chi connectivity index (χ1) is 10.3. The fourth-order valence-corrected chi connectivity index (χ4v) is 3.90. The standard InChI is InChI=1S/C18H33NO3/c1-13-10-11-19(17(21)22-18(2,3)4)15(12-13)14-8-6-5-7-9-16(14)20/h13-16,20H,5-12H2,1-4H3. The number of piperidine rings is 1. The lowest BCUT2D eigenvalue weighted by molar-refractivity contribution is -0.0245. The molecule has 22 heavy (non-hydrogen) atoms. The van der Waals surface area contributed by atoms with Gasteiger partial charge >= 0.3 is 6.09 Å². The van der Waals surface area contributed by atoms with Crippen molar-refractivity contribution >= 4 is 6.09 Å². The minimum absolute atomic E-state index is 0.131. The highest BCUT2D eigenvalue weighted by Gasteiger charge is 2.40. The highest BCUT2D eigenvalue weighted by molar-refractivity contribution is 5.68. The van der Waals surface area contributed by atoms with Gasteiger partial charge < -0.3 is 14.7 Å². The molecule has 0 aromatic rings. The van der Waals surface area contributed by atoms with E-state index in [4.69, 9.17) is 4.74 Å². The number of likely N-dealkylation sites (tertiary alicyclic amines) is 1. The van der Waals surface area contributed by atoms with E-state index in [0.29, 0.717) is 5.92 Å². The van der Waals surface area contributed by atoms with E-state index in [-0.39, 0.29) is 24.2 Å². The van der Waals surface area contributed by atoms with Crippen molar-refractivity contribution in [3.05, 3.63) is 0 Å². The SMILES string of the molecule is CC1CCN(C(=O)OC(C)(C)C)C(C2CCCCCC2O)C1. The Labute approximate surface area is 135 Å². The van der Waals surface area contributed by atoms with Crippen LogP contribution in [0.1, 0.15) is 72.6 Å². The number of aliphatic hydroxyl groups excluding tert-OH is 1. The van der Waals surface area contributed by atoms with Crippen molar-refractivity contribution < 1.29 is 14.6 Å². The molecular formula is C18H33NO3. The van der Waals surface area contributed by atoms with Gasteiger partial charge in [-0.15, -0.1) is 0 Å². The predicted molar refractivity (Wildman–Crippen MR) is 87.7 cm³/mol. The van der Waals surface area contributed by atoms with E-state index in [1.54, 1.807) is 0 Å². The molecule has 4 heteroatoms. The third kappa shape index (κ3) is 4.61. The third-order valence-electron chi connectivity index (χ3n) is 5.06. The molecule has 4 unspecified atom stereocenters. The predicted octanol–water partition coefficient (Wildman–Crippen LogP) is 3.96. The molecule has 2 fully saturated rings. The number of hydrogen-bond acceptors (Lipinski definition) is 3. The number of hydrogen-bond donors (Lipinski definition) is 1. The van der Waals surface area contributed by atoms with Gasteiger partial charge in [-0.05, 0) is 52.4 Å². The molecule has 1 aliphatic carbocycles. The van der Waals surface area contributed by atoms with E-state index >= 15 is 0 Å². The molecule has 1 aliphatic heterocycles. The number of aliphatic hydroxyl groups is 1. The van der Waals surface area contributed by atoms with Crippen LogP contribution in [0.4, 0.5) is 4.79 Å². The van der Waals surface area contributed by atoms with Crippen LogP contribution in [0.5, 0.6) is 0 Å². The largest absolute Gasteiger partial charge is 0.444 e. The number of carbonyl (C=O) groups is 1. The maximum atomic E-state index is 12.6. The first-order valence-electron chi connectivity index (χ1n) is 8.95. The normalized spacial score (nSPS) is 34.1. The Balaban J connectivity index is 2.13. The molecule has 1 heterocycles. The molecule has 1 amide bonds. The highest BCUT2D eigenvalue weighted by atomic mass is 16.6. The van der Waals surface area contributed by atoms with Crippen LogP contribution < -0.4 is 0 Å². The minimum atomic E-state index is -0.466. The average Bonchev–Trinajstić information content (AvgIpc) is 2.61. The zero-order chi connectivity index (χ0) is 16.3. The Morgan fingerprint density at radius 2 is 1.82 bits per heavy atom. The minimum Gasteiger partial charge on any atom is -0.444 e. The Morgan fingerprint density at radius 3 is 2.50 bits per heavy atom. The van der Waals surface area contributed by atoms with Crippen LogP contribution >= 0.6 is 0 Å². The summed E-state index contributed by atoms with van der Waals surface area (Å²) in [5.74, 6) is 0.817. The molecule has 2 rings (SSSR count). The van der Waals surface area contributed by atoms with Gasteiger partial charge in [0.1, 0.15) is 5.60 Å². The van der Waals surface area contributed by atoms with E-state index in [1.165, 1.54) is 6.42 Å². The van der Waals surface area contributed by atoms with E-state index < -0.39 is 5.60 Å². The van der Waals surface area contributed by atoms with Crippen LogP contribution in [0.15, 0.2) is 0 Å². The Morgan fingerprint density at radius 1 is 1.14 bits per heavy atom. The van der Waals surface area contributed by atoms with E-state index in [9.17, 15) is 9.90 Å².